The number of halogens is 3. The smallest absolute Gasteiger partial charge is 0.344 e. The molecule has 0 spiro atoms. The summed E-state index contributed by atoms with van der Waals surface area (Å²) in [5.74, 6) is -0.426. The molecule has 1 heterocycles. The number of fused-ring (bicyclic) bond motifs is 1. The van der Waals surface area contributed by atoms with E-state index in [0.717, 1.165) is 12.1 Å². The second kappa shape index (κ2) is 8.30. The molecule has 0 bridgehead atoms. The molecule has 3 aromatic rings. The van der Waals surface area contributed by atoms with E-state index in [1.165, 1.54) is 16.8 Å². The number of carbonyl (C=O) groups is 1. The Hall–Kier alpha value is -3.16. The monoisotopic (exact) mass is 417 g/mol. The molecule has 158 valence electrons. The zero-order valence-corrected chi connectivity index (χ0v) is 16.8. The minimum Gasteiger partial charge on any atom is -0.344 e. The summed E-state index contributed by atoms with van der Waals surface area (Å²) in [7, 11) is 0. The van der Waals surface area contributed by atoms with Gasteiger partial charge in [0.05, 0.1) is 17.0 Å². The maximum atomic E-state index is 13.0. The van der Waals surface area contributed by atoms with E-state index in [9.17, 15) is 22.8 Å². The Kier molecular flexibility index (Phi) is 5.96. The predicted octanol–water partition coefficient (Wildman–Crippen LogP) is 4.56. The predicted molar refractivity (Wildman–Crippen MR) is 108 cm³/mol. The second-order valence-electron chi connectivity index (χ2n) is 7.59. The van der Waals surface area contributed by atoms with Gasteiger partial charge in [-0.1, -0.05) is 44.2 Å². The van der Waals surface area contributed by atoms with Crippen LogP contribution in [0, 0.1) is 5.92 Å². The molecule has 0 aliphatic heterocycles. The third kappa shape index (κ3) is 4.53. The normalized spacial score (nSPS) is 12.9. The van der Waals surface area contributed by atoms with Crippen molar-refractivity contribution >= 4 is 16.7 Å². The molecule has 0 saturated heterocycles. The van der Waals surface area contributed by atoms with Gasteiger partial charge in [-0.2, -0.15) is 18.3 Å². The topological polar surface area (TPSA) is 64.0 Å². The SMILES string of the molecule is CC(C)Cn1nc(C(=O)NC(C)c2cccc(C(F)(F)F)c2)c2ccccc2c1=O. The Morgan fingerprint density at radius 3 is 2.37 bits per heavy atom. The molecule has 1 atom stereocenters. The quantitative estimate of drug-likeness (QED) is 0.662. The van der Waals surface area contributed by atoms with Crippen LogP contribution >= 0.6 is 0 Å². The maximum Gasteiger partial charge on any atom is 0.416 e. The van der Waals surface area contributed by atoms with E-state index in [-0.39, 0.29) is 17.2 Å². The van der Waals surface area contributed by atoms with E-state index in [1.54, 1.807) is 31.2 Å². The summed E-state index contributed by atoms with van der Waals surface area (Å²) in [6, 6.07) is 10.8. The van der Waals surface area contributed by atoms with Crippen molar-refractivity contribution in [3.63, 3.8) is 0 Å². The van der Waals surface area contributed by atoms with E-state index in [0.29, 0.717) is 22.9 Å². The number of nitrogens with zero attached hydrogens (tertiary/aromatic N) is 2. The van der Waals surface area contributed by atoms with E-state index < -0.39 is 23.7 Å². The fourth-order valence-corrected chi connectivity index (χ4v) is 3.21. The van der Waals surface area contributed by atoms with Gasteiger partial charge in [0.25, 0.3) is 11.5 Å². The van der Waals surface area contributed by atoms with Gasteiger partial charge in [-0.05, 0) is 36.6 Å². The van der Waals surface area contributed by atoms with Gasteiger partial charge in [0.2, 0.25) is 0 Å². The van der Waals surface area contributed by atoms with Gasteiger partial charge in [0.1, 0.15) is 0 Å². The fourth-order valence-electron chi connectivity index (χ4n) is 3.21. The molecule has 30 heavy (non-hydrogen) atoms. The van der Waals surface area contributed by atoms with Crippen molar-refractivity contribution in [2.45, 2.75) is 39.5 Å². The van der Waals surface area contributed by atoms with E-state index in [1.807, 2.05) is 13.8 Å². The van der Waals surface area contributed by atoms with Gasteiger partial charge >= 0.3 is 6.18 Å². The molecule has 2 aromatic carbocycles. The number of rotatable bonds is 5. The Labute approximate surface area is 171 Å². The Bertz CT molecular complexity index is 1140. The number of nitrogens with one attached hydrogen (secondary N) is 1. The van der Waals surface area contributed by atoms with Crippen LogP contribution in [-0.2, 0) is 12.7 Å². The largest absolute Gasteiger partial charge is 0.416 e. The lowest BCUT2D eigenvalue weighted by Crippen LogP contribution is -2.32. The summed E-state index contributed by atoms with van der Waals surface area (Å²) in [5.41, 5.74) is -0.695. The van der Waals surface area contributed by atoms with Crippen LogP contribution in [0.5, 0.6) is 0 Å². The highest BCUT2D eigenvalue weighted by molar-refractivity contribution is 6.04. The van der Waals surface area contributed by atoms with Gasteiger partial charge in [0, 0.05) is 11.9 Å². The summed E-state index contributed by atoms with van der Waals surface area (Å²) in [6.45, 7) is 5.80. The summed E-state index contributed by atoms with van der Waals surface area (Å²) in [4.78, 5) is 25.6. The standard InChI is InChI=1S/C22H22F3N3O2/c1-13(2)12-28-21(30)18-10-5-4-9-17(18)19(27-28)20(29)26-14(3)15-7-6-8-16(11-15)22(23,24)25/h4-11,13-14H,12H2,1-3H3,(H,26,29). The molecule has 0 radical (unpaired) electrons. The van der Waals surface area contributed by atoms with Gasteiger partial charge in [-0.3, -0.25) is 9.59 Å². The van der Waals surface area contributed by atoms with Crippen LogP contribution < -0.4 is 10.9 Å². The first-order valence-corrected chi connectivity index (χ1v) is 9.56. The molecule has 1 N–H and O–H groups in total. The molecule has 0 aliphatic carbocycles. The minimum absolute atomic E-state index is 0.0599. The van der Waals surface area contributed by atoms with Crippen molar-refractivity contribution in [1.29, 1.82) is 0 Å². The van der Waals surface area contributed by atoms with Crippen molar-refractivity contribution < 1.29 is 18.0 Å². The van der Waals surface area contributed by atoms with E-state index in [2.05, 4.69) is 10.4 Å². The molecule has 3 rings (SSSR count). The van der Waals surface area contributed by atoms with Crippen LogP contribution in [0.25, 0.3) is 10.8 Å². The lowest BCUT2D eigenvalue weighted by atomic mass is 10.0. The number of benzene rings is 2. The lowest BCUT2D eigenvalue weighted by Gasteiger charge is -2.17. The molecule has 0 saturated carbocycles. The molecular formula is C22H22F3N3O2. The van der Waals surface area contributed by atoms with Gasteiger partial charge < -0.3 is 5.32 Å². The highest BCUT2D eigenvalue weighted by Gasteiger charge is 2.31. The first-order chi connectivity index (χ1) is 14.1. The number of hydrogen-bond donors (Lipinski definition) is 1. The van der Waals surface area contributed by atoms with E-state index in [4.69, 9.17) is 0 Å². The highest BCUT2D eigenvalue weighted by atomic mass is 19.4. The van der Waals surface area contributed by atoms with E-state index >= 15 is 0 Å². The molecular weight excluding hydrogens is 395 g/mol. The van der Waals surface area contributed by atoms with Crippen molar-refractivity contribution in [2.75, 3.05) is 0 Å². The number of aromatic nitrogens is 2. The molecule has 5 nitrogen and oxygen atoms in total. The Morgan fingerprint density at radius 2 is 1.73 bits per heavy atom. The molecule has 1 unspecified atom stereocenters. The summed E-state index contributed by atoms with van der Waals surface area (Å²) in [6.07, 6.45) is -4.47. The lowest BCUT2D eigenvalue weighted by molar-refractivity contribution is -0.137. The average molecular weight is 417 g/mol. The van der Waals surface area contributed by atoms with Gasteiger partial charge in [-0.15, -0.1) is 0 Å². The Balaban J connectivity index is 1.97. The number of alkyl halides is 3. The fraction of sp³-hybridized carbons (Fsp3) is 0.318. The van der Waals surface area contributed by atoms with Crippen LogP contribution in [0.1, 0.15) is 48.4 Å². The molecule has 1 amide bonds. The summed E-state index contributed by atoms with van der Waals surface area (Å²) >= 11 is 0. The molecule has 0 fully saturated rings. The van der Waals surface area contributed by atoms with Gasteiger partial charge in [-0.25, -0.2) is 4.68 Å². The minimum atomic E-state index is -4.47. The van der Waals surface area contributed by atoms with Crippen LogP contribution in [-0.4, -0.2) is 15.7 Å². The maximum absolute atomic E-state index is 13.0. The molecule has 8 heteroatoms. The van der Waals surface area contributed by atoms with Gasteiger partial charge in [0.15, 0.2) is 5.69 Å². The van der Waals surface area contributed by atoms with Crippen molar-refractivity contribution in [1.82, 2.24) is 15.1 Å². The van der Waals surface area contributed by atoms with Crippen LogP contribution in [0.3, 0.4) is 0 Å². The number of carbonyl (C=O) groups excluding carboxylic acids is 1. The summed E-state index contributed by atoms with van der Waals surface area (Å²) < 4.78 is 40.2. The molecule has 1 aromatic heterocycles. The zero-order valence-electron chi connectivity index (χ0n) is 16.8. The third-order valence-corrected chi connectivity index (χ3v) is 4.68. The number of hydrogen-bond acceptors (Lipinski definition) is 3. The third-order valence-electron chi connectivity index (χ3n) is 4.68. The second-order valence-corrected chi connectivity index (χ2v) is 7.59. The van der Waals surface area contributed by atoms with Crippen molar-refractivity contribution in [2.24, 2.45) is 5.92 Å². The van der Waals surface area contributed by atoms with Crippen LogP contribution in [0.4, 0.5) is 13.2 Å². The summed E-state index contributed by atoms with van der Waals surface area (Å²) in [5, 5.41) is 7.72. The van der Waals surface area contributed by atoms with Crippen LogP contribution in [0.15, 0.2) is 53.3 Å². The van der Waals surface area contributed by atoms with Crippen LogP contribution in [0.2, 0.25) is 0 Å². The average Bonchev–Trinajstić information content (AvgIpc) is 2.69. The number of amides is 1. The first kappa shape index (κ1) is 21.5. The van der Waals surface area contributed by atoms with Crippen molar-refractivity contribution in [3.8, 4) is 0 Å². The van der Waals surface area contributed by atoms with Crippen molar-refractivity contribution in [3.05, 3.63) is 75.7 Å². The Morgan fingerprint density at radius 1 is 1.07 bits per heavy atom. The zero-order chi connectivity index (χ0) is 22.1. The first-order valence-electron chi connectivity index (χ1n) is 9.56. The highest BCUT2D eigenvalue weighted by Crippen LogP contribution is 2.30. The molecule has 0 aliphatic rings.